The lowest BCUT2D eigenvalue weighted by atomic mass is 10.1. The van der Waals surface area contributed by atoms with Gasteiger partial charge >= 0.3 is 0 Å². The minimum absolute atomic E-state index is 0.673. The van der Waals surface area contributed by atoms with Gasteiger partial charge in [0.1, 0.15) is 12.1 Å². The molecule has 5 nitrogen and oxygen atoms in total. The second kappa shape index (κ2) is 6.06. The van der Waals surface area contributed by atoms with Crippen LogP contribution in [0, 0.1) is 0 Å². The van der Waals surface area contributed by atoms with E-state index in [-0.39, 0.29) is 0 Å². The first-order valence-electron chi connectivity index (χ1n) is 7.86. The highest BCUT2D eigenvalue weighted by atomic mass is 15.3. The highest BCUT2D eigenvalue weighted by molar-refractivity contribution is 5.50. The molecule has 1 saturated heterocycles. The van der Waals surface area contributed by atoms with E-state index >= 15 is 0 Å². The highest BCUT2D eigenvalue weighted by Gasteiger charge is 2.29. The van der Waals surface area contributed by atoms with Crippen LogP contribution < -0.4 is 10.2 Å². The molecular formula is C15H25N5. The normalized spacial score (nSPS) is 22.4. The molecular weight excluding hydrogens is 250 g/mol. The lowest BCUT2D eigenvalue weighted by Gasteiger charge is -2.28. The Kier molecular flexibility index (Phi) is 4.17. The summed E-state index contributed by atoms with van der Waals surface area (Å²) in [6.45, 7) is 10.9. The van der Waals surface area contributed by atoms with Crippen molar-refractivity contribution in [1.82, 2.24) is 20.2 Å². The Balaban J connectivity index is 1.78. The van der Waals surface area contributed by atoms with Crippen molar-refractivity contribution in [3.63, 3.8) is 0 Å². The summed E-state index contributed by atoms with van der Waals surface area (Å²) in [5.41, 5.74) is 2.55. The molecule has 0 aromatic carbocycles. The second-order valence-corrected chi connectivity index (χ2v) is 5.66. The molecule has 1 unspecified atom stereocenters. The number of aromatic nitrogens is 2. The summed E-state index contributed by atoms with van der Waals surface area (Å²) in [4.78, 5) is 14.0. The highest BCUT2D eigenvalue weighted by Crippen LogP contribution is 2.27. The van der Waals surface area contributed by atoms with Crippen LogP contribution in [0.4, 0.5) is 5.82 Å². The summed E-state index contributed by atoms with van der Waals surface area (Å²) in [6.07, 6.45) is 4.01. The van der Waals surface area contributed by atoms with Gasteiger partial charge in [-0.15, -0.1) is 0 Å². The lowest BCUT2D eigenvalue weighted by molar-refractivity contribution is 0.232. The zero-order valence-corrected chi connectivity index (χ0v) is 12.6. The standard InChI is InChI=1S/C15H25N5/c1-3-19(4-2)12-6-8-20(10-12)15-13-9-16-7-5-14(13)17-11-18-15/h11-12,16H,3-10H2,1-2H3. The van der Waals surface area contributed by atoms with Crippen molar-refractivity contribution in [2.75, 3.05) is 37.6 Å². The Morgan fingerprint density at radius 1 is 1.35 bits per heavy atom. The minimum Gasteiger partial charge on any atom is -0.355 e. The van der Waals surface area contributed by atoms with Crippen molar-refractivity contribution in [2.45, 2.75) is 39.3 Å². The number of rotatable bonds is 4. The molecule has 3 rings (SSSR count). The zero-order chi connectivity index (χ0) is 13.9. The number of anilines is 1. The third kappa shape index (κ3) is 2.52. The number of likely N-dealkylation sites (N-methyl/N-ethyl adjacent to an activating group) is 1. The van der Waals surface area contributed by atoms with E-state index < -0.39 is 0 Å². The molecule has 0 amide bonds. The van der Waals surface area contributed by atoms with Crippen molar-refractivity contribution in [2.24, 2.45) is 0 Å². The fourth-order valence-corrected chi connectivity index (χ4v) is 3.50. The van der Waals surface area contributed by atoms with E-state index in [9.17, 15) is 0 Å². The Labute approximate surface area is 121 Å². The van der Waals surface area contributed by atoms with Crippen LogP contribution in [0.2, 0.25) is 0 Å². The van der Waals surface area contributed by atoms with Gasteiger partial charge in [-0.2, -0.15) is 0 Å². The van der Waals surface area contributed by atoms with Crippen molar-refractivity contribution < 1.29 is 0 Å². The molecule has 2 aliphatic rings. The summed E-state index contributed by atoms with van der Waals surface area (Å²) in [5, 5.41) is 3.44. The fraction of sp³-hybridized carbons (Fsp3) is 0.733. The quantitative estimate of drug-likeness (QED) is 0.889. The maximum atomic E-state index is 4.58. The second-order valence-electron chi connectivity index (χ2n) is 5.66. The first-order valence-corrected chi connectivity index (χ1v) is 7.86. The van der Waals surface area contributed by atoms with E-state index in [4.69, 9.17) is 0 Å². The molecule has 1 N–H and O–H groups in total. The van der Waals surface area contributed by atoms with E-state index in [2.05, 4.69) is 38.9 Å². The molecule has 0 saturated carbocycles. The average Bonchev–Trinajstić information content (AvgIpc) is 2.97. The molecule has 3 heterocycles. The summed E-state index contributed by atoms with van der Waals surface area (Å²) < 4.78 is 0. The van der Waals surface area contributed by atoms with Gasteiger partial charge in [0.15, 0.2) is 0 Å². The van der Waals surface area contributed by atoms with Crippen molar-refractivity contribution in [1.29, 1.82) is 0 Å². The van der Waals surface area contributed by atoms with Gasteiger partial charge in [0.2, 0.25) is 0 Å². The smallest absolute Gasteiger partial charge is 0.136 e. The number of nitrogens with one attached hydrogen (secondary N) is 1. The summed E-state index contributed by atoms with van der Waals surface area (Å²) in [7, 11) is 0. The Bertz CT molecular complexity index is 458. The SMILES string of the molecule is CCN(CC)C1CCN(c2ncnc3c2CNCC3)C1. The molecule has 20 heavy (non-hydrogen) atoms. The summed E-state index contributed by atoms with van der Waals surface area (Å²) >= 11 is 0. The maximum absolute atomic E-state index is 4.58. The predicted octanol–water partition coefficient (Wildman–Crippen LogP) is 1.04. The van der Waals surface area contributed by atoms with Crippen LogP contribution in [0.5, 0.6) is 0 Å². The predicted molar refractivity (Wildman–Crippen MR) is 81.0 cm³/mol. The largest absolute Gasteiger partial charge is 0.355 e. The van der Waals surface area contributed by atoms with Crippen LogP contribution in [0.25, 0.3) is 0 Å². The average molecular weight is 275 g/mol. The molecule has 0 radical (unpaired) electrons. The summed E-state index contributed by atoms with van der Waals surface area (Å²) in [5.74, 6) is 1.16. The van der Waals surface area contributed by atoms with Crippen molar-refractivity contribution in [3.05, 3.63) is 17.6 Å². The number of fused-ring (bicyclic) bond motifs is 1. The minimum atomic E-state index is 0.673. The van der Waals surface area contributed by atoms with Gasteiger partial charge in [-0.1, -0.05) is 13.8 Å². The van der Waals surface area contributed by atoms with E-state index in [1.165, 1.54) is 17.7 Å². The number of hydrogen-bond acceptors (Lipinski definition) is 5. The van der Waals surface area contributed by atoms with E-state index in [0.29, 0.717) is 6.04 Å². The van der Waals surface area contributed by atoms with Gasteiger partial charge in [0.25, 0.3) is 0 Å². The van der Waals surface area contributed by atoms with Crippen LogP contribution in [0.1, 0.15) is 31.5 Å². The third-order valence-electron chi connectivity index (χ3n) is 4.64. The van der Waals surface area contributed by atoms with Gasteiger partial charge in [-0.3, -0.25) is 4.90 Å². The van der Waals surface area contributed by atoms with Gasteiger partial charge in [-0.05, 0) is 19.5 Å². The van der Waals surface area contributed by atoms with Gasteiger partial charge in [0, 0.05) is 44.2 Å². The first kappa shape index (κ1) is 13.8. The Hall–Kier alpha value is -1.20. The first-order chi connectivity index (χ1) is 9.83. The molecule has 1 aromatic rings. The Morgan fingerprint density at radius 3 is 3.00 bits per heavy atom. The summed E-state index contributed by atoms with van der Waals surface area (Å²) in [6, 6.07) is 0.673. The number of hydrogen-bond donors (Lipinski definition) is 1. The van der Waals surface area contributed by atoms with Crippen LogP contribution >= 0.6 is 0 Å². The van der Waals surface area contributed by atoms with Crippen molar-refractivity contribution in [3.8, 4) is 0 Å². The number of nitrogens with zero attached hydrogens (tertiary/aromatic N) is 4. The van der Waals surface area contributed by atoms with Crippen LogP contribution in [0.3, 0.4) is 0 Å². The molecule has 1 aromatic heterocycles. The van der Waals surface area contributed by atoms with Crippen LogP contribution in [-0.2, 0) is 13.0 Å². The van der Waals surface area contributed by atoms with Crippen LogP contribution in [0.15, 0.2) is 6.33 Å². The maximum Gasteiger partial charge on any atom is 0.136 e. The van der Waals surface area contributed by atoms with Gasteiger partial charge < -0.3 is 10.2 Å². The van der Waals surface area contributed by atoms with Crippen molar-refractivity contribution >= 4 is 5.82 Å². The van der Waals surface area contributed by atoms with Crippen LogP contribution in [-0.4, -0.2) is 53.6 Å². The molecule has 1 fully saturated rings. The Morgan fingerprint density at radius 2 is 2.20 bits per heavy atom. The third-order valence-corrected chi connectivity index (χ3v) is 4.64. The fourth-order valence-electron chi connectivity index (χ4n) is 3.50. The van der Waals surface area contributed by atoms with Gasteiger partial charge in [0.05, 0.1) is 5.69 Å². The van der Waals surface area contributed by atoms with Gasteiger partial charge in [-0.25, -0.2) is 9.97 Å². The molecule has 0 bridgehead atoms. The molecule has 0 aliphatic carbocycles. The van der Waals surface area contributed by atoms with E-state index in [0.717, 1.165) is 51.5 Å². The zero-order valence-electron chi connectivity index (χ0n) is 12.6. The lowest BCUT2D eigenvalue weighted by Crippen LogP contribution is -2.38. The topological polar surface area (TPSA) is 44.3 Å². The molecule has 110 valence electrons. The molecule has 1 atom stereocenters. The molecule has 5 heteroatoms. The van der Waals surface area contributed by atoms with E-state index in [1.807, 2.05) is 0 Å². The monoisotopic (exact) mass is 275 g/mol. The molecule has 0 spiro atoms. The van der Waals surface area contributed by atoms with E-state index in [1.54, 1.807) is 6.33 Å². The molecule has 2 aliphatic heterocycles.